The molecule has 6 rings (SSSR count). The van der Waals surface area contributed by atoms with Crippen LogP contribution in [0, 0.1) is 0 Å². The third kappa shape index (κ3) is 45.7. The number of nitrogens with one attached hydrogen (secondary N) is 5. The number of amides is 5. The van der Waals surface area contributed by atoms with Crippen molar-refractivity contribution in [3.05, 3.63) is 29.8 Å². The first-order chi connectivity index (χ1) is 68.1. The Kier molecular flexibility index (Phi) is 64.0. The number of carboxylic acid groups (broad SMARTS) is 1. The Labute approximate surface area is 862 Å². The van der Waals surface area contributed by atoms with Crippen molar-refractivity contribution in [2.45, 2.75) is 411 Å². The van der Waals surface area contributed by atoms with Gasteiger partial charge in [0.1, 0.15) is 123 Å². The number of unbranched alkanes of at least 4 members (excludes halogenated alkanes) is 28. The summed E-state index contributed by atoms with van der Waals surface area (Å²) in [6.45, 7) is -0.0745. The predicted molar refractivity (Wildman–Crippen MR) is 504 cm³/mol. The first-order valence-electron chi connectivity index (χ1n) is 50.3. The molecule has 0 saturated carbocycles. The van der Waals surface area contributed by atoms with Crippen LogP contribution in [0.15, 0.2) is 24.3 Å². The quantitative estimate of drug-likeness (QED) is 0.0122. The smallest absolute Gasteiger partial charge is 0.756 e. The number of hydrogen-bond donors (Lipinski definition) is 20. The Morgan fingerprint density at radius 3 is 1.57 bits per heavy atom. The van der Waals surface area contributed by atoms with E-state index in [4.69, 9.17) is 75.4 Å². The molecule has 0 spiro atoms. The fourth-order valence-corrected chi connectivity index (χ4v) is 18.5. The fourth-order valence-electron chi connectivity index (χ4n) is 17.0. The zero-order chi connectivity index (χ0) is 104. The van der Waals surface area contributed by atoms with Crippen molar-refractivity contribution in [1.82, 2.24) is 21.3 Å². The number of carbonyl (C=O) groups excluding carboxylic acids is 7. The molecule has 0 radical (unpaired) electrons. The predicted octanol–water partition coefficient (Wildman–Crippen LogP) is -1.05. The molecule has 143 heavy (non-hydrogen) atoms. The summed E-state index contributed by atoms with van der Waals surface area (Å²) in [5.41, 5.74) is -0.0895. The zero-order valence-corrected chi connectivity index (χ0v) is 87.2. The second-order valence-electron chi connectivity index (χ2n) is 36.5. The first kappa shape index (κ1) is 129. The molecule has 0 bridgehead atoms. The van der Waals surface area contributed by atoms with Crippen LogP contribution < -0.4 is 61.0 Å². The summed E-state index contributed by atoms with van der Waals surface area (Å²) >= 11 is 1.09. The largest absolute Gasteiger partial charge is 1.00 e. The number of carboxylic acids is 1. The molecule has 5 fully saturated rings. The zero-order valence-electron chi connectivity index (χ0n) is 83.4. The van der Waals surface area contributed by atoms with Gasteiger partial charge in [-0.15, -0.1) is 0 Å². The van der Waals surface area contributed by atoms with E-state index in [0.717, 1.165) is 77.2 Å². The van der Waals surface area contributed by atoms with E-state index >= 15 is 0 Å². The number of anilines is 1. The van der Waals surface area contributed by atoms with Gasteiger partial charge >= 0.3 is 53.6 Å². The minimum atomic E-state index is -5.04. The molecule has 0 aromatic heterocycles. The molecular formula is C94H161N5NaO41PS. The van der Waals surface area contributed by atoms with Gasteiger partial charge in [0.2, 0.25) is 17.7 Å². The summed E-state index contributed by atoms with van der Waals surface area (Å²) in [6.07, 6.45) is -15.4. The second-order valence-corrected chi connectivity index (χ2v) is 39.1. The van der Waals surface area contributed by atoms with Gasteiger partial charge in [0, 0.05) is 69.8 Å². The standard InChI is InChI=1S/C94H162N5O41PS.Na/c1-6-8-10-12-14-16-18-20-22-24-26-28-30-32-34-36-70(109)128-55-62(132-71(110)37-35-33-31-29-27-25-23-21-19-17-15-13-11-9-7-2)56-130-141(123,124)129-46-44-96-93(122)127-48-47-126-45-43-95-68(107)42-49-142-57-69(108)98-61-40-38-60(39-41-61)87(119)99-73-84(137-90-79(116)78(115)74(111)58(3)131-90)82(67(54-103)135-88(73)138-85-76(113)65(52-101)133-89(125-5)80(85)117)136-91-81(118)86(77(114)66(53-102)134-91)140-94(92(120)121)50-63(105)72(97-59(4)104)83(139-94)75(112)64(106)51-100;/h38-41,58,62-67,72-86,88-91,100-103,105-106,111-118H,6-37,42-57H2,1-5H3,(H,95,107)(H,96,122)(H,97,104)(H,98,108)(H,99,119)(H,120,121)(H,123,124);/q;+1/p-1/t58-,62-,63-,64-,65-,66-,67-,72-,73-,74-,75+,76+,77+,78+,79-,80-,81-,82-,83?,84-,85+,86+,88+,89-,90-,91+,94+;/m1./s1. The summed E-state index contributed by atoms with van der Waals surface area (Å²) < 4.78 is 104. The van der Waals surface area contributed by atoms with E-state index < -0.39 is 273 Å². The van der Waals surface area contributed by atoms with Crippen LogP contribution in [0.3, 0.4) is 0 Å². The number of thioether (sulfide) groups is 1. The second kappa shape index (κ2) is 71.1. The van der Waals surface area contributed by atoms with Crippen LogP contribution in [0.1, 0.15) is 256 Å². The van der Waals surface area contributed by atoms with Crippen molar-refractivity contribution >= 4 is 72.9 Å². The molecule has 20 N–H and O–H groups in total. The number of methoxy groups -OCH3 is 1. The van der Waals surface area contributed by atoms with Crippen LogP contribution >= 0.6 is 19.6 Å². The summed E-state index contributed by atoms with van der Waals surface area (Å²) in [5.74, 6) is -9.39. The number of rotatable bonds is 73. The molecule has 5 heterocycles. The van der Waals surface area contributed by atoms with E-state index in [9.17, 15) is 124 Å². The minimum Gasteiger partial charge on any atom is -0.756 e. The van der Waals surface area contributed by atoms with E-state index in [1.165, 1.54) is 160 Å². The van der Waals surface area contributed by atoms with Gasteiger partial charge in [0.25, 0.3) is 19.5 Å². The Balaban J connectivity index is 0.0000360. The summed E-state index contributed by atoms with van der Waals surface area (Å²) in [5, 5.41) is 179. The van der Waals surface area contributed by atoms with Gasteiger partial charge in [-0.2, -0.15) is 11.8 Å². The average Bonchev–Trinajstić information content (AvgIpc) is 0.746. The van der Waals surface area contributed by atoms with Gasteiger partial charge < -0.3 is 183 Å². The first-order valence-corrected chi connectivity index (χ1v) is 52.9. The number of phosphoric acid groups is 1. The average molecular weight is 2100 g/mol. The van der Waals surface area contributed by atoms with Crippen molar-refractivity contribution in [1.29, 1.82) is 0 Å². The van der Waals surface area contributed by atoms with Crippen LogP contribution in [0.25, 0.3) is 0 Å². The number of hydrogen-bond acceptors (Lipinski definition) is 41. The number of aliphatic carboxylic acids is 1. The fraction of sp³-hybridized carbons (Fsp3) is 0.851. The number of phosphoric ester groups is 1. The molecule has 5 saturated heterocycles. The summed E-state index contributed by atoms with van der Waals surface area (Å²) in [4.78, 5) is 118. The van der Waals surface area contributed by atoms with Gasteiger partial charge in [-0.3, -0.25) is 33.3 Å². The molecule has 49 heteroatoms. The van der Waals surface area contributed by atoms with Gasteiger partial charge in [0.15, 0.2) is 31.3 Å². The molecule has 820 valence electrons. The van der Waals surface area contributed by atoms with Crippen molar-refractivity contribution in [3.63, 3.8) is 0 Å². The minimum absolute atomic E-state index is 0. The van der Waals surface area contributed by atoms with Crippen LogP contribution in [0.4, 0.5) is 10.5 Å². The molecule has 1 aromatic carbocycles. The monoisotopic (exact) mass is 2100 g/mol. The van der Waals surface area contributed by atoms with Crippen molar-refractivity contribution < 1.29 is 229 Å². The van der Waals surface area contributed by atoms with E-state index in [2.05, 4.69) is 40.4 Å². The molecule has 46 nitrogen and oxygen atoms in total. The Bertz CT molecular complexity index is 3770. The van der Waals surface area contributed by atoms with Gasteiger partial charge in [0.05, 0.1) is 76.9 Å². The van der Waals surface area contributed by atoms with Crippen molar-refractivity contribution in [2.24, 2.45) is 0 Å². The number of ether oxygens (including phenoxy) is 14. The molecular weight excluding hydrogens is 1940 g/mol. The SMILES string of the molecule is CCCCCCCCCCCCCCCCCC(=O)OC[C@H](COP(=O)([O-])OCCNC(=O)OCCOCCNC(=O)CCSCC(=O)Nc1ccc(C(=O)N[C@H]2[C@H](O[C@H]3[C@@H](O)[C@@H](CO)O[C@@H](OC)[C@@H]3O)O[C@H](CO)[C@@H](O[C@@H]3O[C@H](CO)[C@H](O)[C@H](O[C@]4(C(=O)O)C[C@@H](O)[C@@H](NC(C)=O)C([C@@H](O)[C@H](O)CO)O4)[C@H]3O)[C@@H]2O[C@H]2O[C@H](C)[C@@H](O)[C@H](O)[C@H]2O)cc1)OC(=O)CCCCCCCCCCCCCCCCC.[Na+]. The third-order valence-electron chi connectivity index (χ3n) is 25.1. The van der Waals surface area contributed by atoms with Crippen LogP contribution in [-0.4, -0.2) is 387 Å². The number of aliphatic hydroxyl groups excluding tert-OH is 14. The van der Waals surface area contributed by atoms with Crippen molar-refractivity contribution in [2.75, 3.05) is 103 Å². The summed E-state index contributed by atoms with van der Waals surface area (Å²) in [7, 11) is -3.95. The topological polar surface area (TPSA) is 688 Å². The maximum Gasteiger partial charge on any atom is 1.00 e. The van der Waals surface area contributed by atoms with Gasteiger partial charge in [-0.05, 0) is 44.0 Å². The van der Waals surface area contributed by atoms with Crippen LogP contribution in [-0.2, 0) is 109 Å². The number of aliphatic hydroxyl groups is 14. The molecule has 1 aromatic rings. The maximum atomic E-state index is 14.9. The number of benzene rings is 1. The summed E-state index contributed by atoms with van der Waals surface area (Å²) in [6, 6.07) is 1.27. The van der Waals surface area contributed by atoms with Crippen molar-refractivity contribution in [3.8, 4) is 0 Å². The Hall–Kier alpha value is -4.76. The third-order valence-corrected chi connectivity index (χ3v) is 27.0. The normalized spacial score (nSPS) is 28.7. The Morgan fingerprint density at radius 2 is 1.03 bits per heavy atom. The maximum absolute atomic E-state index is 14.9. The Morgan fingerprint density at radius 1 is 0.524 bits per heavy atom. The molecule has 28 atom stereocenters. The van der Waals surface area contributed by atoms with E-state index in [1.807, 2.05) is 0 Å². The number of carbonyl (C=O) groups is 8. The molecule has 0 aliphatic carbocycles. The van der Waals surface area contributed by atoms with Gasteiger partial charge in [-0.1, -0.05) is 194 Å². The van der Waals surface area contributed by atoms with Crippen LogP contribution in [0.2, 0.25) is 0 Å². The number of alkyl carbamates (subject to hydrolysis) is 1. The van der Waals surface area contributed by atoms with Gasteiger partial charge in [-0.25, -0.2) is 9.59 Å². The molecule has 5 aliphatic rings. The van der Waals surface area contributed by atoms with E-state index in [-0.39, 0.29) is 104 Å². The van der Waals surface area contributed by atoms with E-state index in [1.54, 1.807) is 0 Å². The molecule has 2 unspecified atom stereocenters. The molecule has 5 aliphatic heterocycles. The van der Waals surface area contributed by atoms with E-state index in [0.29, 0.717) is 12.8 Å². The number of esters is 2. The van der Waals surface area contributed by atoms with Crippen LogP contribution in [0.5, 0.6) is 0 Å². The molecule has 5 amide bonds.